The Labute approximate surface area is 151 Å². The highest BCUT2D eigenvalue weighted by Gasteiger charge is 2.18. The molecule has 3 nitrogen and oxygen atoms in total. The largest absolute Gasteiger partial charge is 0.480 e. The number of carbonyl (C=O) groups is 1. The number of hydrogen-bond acceptors (Lipinski definition) is 2. The second-order valence-electron chi connectivity index (χ2n) is 6.60. The summed E-state index contributed by atoms with van der Waals surface area (Å²) in [7, 11) is 0. The maximum absolute atomic E-state index is 12.4. The fraction of sp³-hybridized carbons (Fsp3) is 0.409. The number of hydrogen-bond donors (Lipinski definition) is 1. The third kappa shape index (κ3) is 5.63. The highest BCUT2D eigenvalue weighted by Crippen LogP contribution is 2.22. The normalized spacial score (nSPS) is 11.8. The van der Waals surface area contributed by atoms with E-state index in [0.717, 1.165) is 24.2 Å². The van der Waals surface area contributed by atoms with Gasteiger partial charge in [-0.25, -0.2) is 0 Å². The average molecular weight is 339 g/mol. The van der Waals surface area contributed by atoms with Crippen molar-refractivity contribution in [3.63, 3.8) is 0 Å². The lowest BCUT2D eigenvalue weighted by Crippen LogP contribution is -2.38. The van der Waals surface area contributed by atoms with Crippen LogP contribution in [0.1, 0.15) is 42.0 Å². The van der Waals surface area contributed by atoms with Crippen molar-refractivity contribution >= 4 is 5.91 Å². The van der Waals surface area contributed by atoms with Crippen LogP contribution in [0.15, 0.2) is 42.5 Å². The molecule has 1 atom stereocenters. The van der Waals surface area contributed by atoms with E-state index in [9.17, 15) is 4.79 Å². The standard InChI is InChI=1S/C22H29NO2/c1-5-20(25-21-13-7-10-17(3)18(21)4)22(24)23-14-8-12-19-11-6-9-16(2)15-19/h6-7,9-11,13,15,20H,5,8,12,14H2,1-4H3,(H,23,24)/t20-/m0/s1. The van der Waals surface area contributed by atoms with Gasteiger partial charge in [0.2, 0.25) is 0 Å². The van der Waals surface area contributed by atoms with Crippen LogP contribution in [0, 0.1) is 20.8 Å². The Morgan fingerprint density at radius 3 is 2.60 bits per heavy atom. The monoisotopic (exact) mass is 339 g/mol. The Morgan fingerprint density at radius 2 is 1.88 bits per heavy atom. The van der Waals surface area contributed by atoms with E-state index in [1.165, 1.54) is 16.7 Å². The van der Waals surface area contributed by atoms with Gasteiger partial charge in [0.05, 0.1) is 0 Å². The van der Waals surface area contributed by atoms with Gasteiger partial charge < -0.3 is 10.1 Å². The van der Waals surface area contributed by atoms with Crippen LogP contribution < -0.4 is 10.1 Å². The predicted molar refractivity (Wildman–Crippen MR) is 103 cm³/mol. The minimum absolute atomic E-state index is 0.0346. The molecule has 0 aromatic heterocycles. The van der Waals surface area contributed by atoms with Crippen molar-refractivity contribution in [2.75, 3.05) is 6.54 Å². The van der Waals surface area contributed by atoms with E-state index in [4.69, 9.17) is 4.74 Å². The molecule has 0 heterocycles. The van der Waals surface area contributed by atoms with Crippen LogP contribution in [0.4, 0.5) is 0 Å². The Kier molecular flexibility index (Phi) is 7.05. The molecule has 0 unspecified atom stereocenters. The van der Waals surface area contributed by atoms with E-state index in [2.05, 4.69) is 49.5 Å². The molecule has 3 heteroatoms. The molecular weight excluding hydrogens is 310 g/mol. The van der Waals surface area contributed by atoms with Crippen molar-refractivity contribution in [2.24, 2.45) is 0 Å². The summed E-state index contributed by atoms with van der Waals surface area (Å²) in [5, 5.41) is 3.01. The Hall–Kier alpha value is -2.29. The Bertz CT molecular complexity index is 709. The highest BCUT2D eigenvalue weighted by atomic mass is 16.5. The van der Waals surface area contributed by atoms with Crippen molar-refractivity contribution in [3.8, 4) is 5.75 Å². The fourth-order valence-electron chi connectivity index (χ4n) is 2.81. The maximum Gasteiger partial charge on any atom is 0.261 e. The summed E-state index contributed by atoms with van der Waals surface area (Å²) in [4.78, 5) is 12.4. The lowest BCUT2D eigenvalue weighted by Gasteiger charge is -2.19. The van der Waals surface area contributed by atoms with Gasteiger partial charge in [-0.05, 0) is 62.8 Å². The maximum atomic E-state index is 12.4. The topological polar surface area (TPSA) is 38.3 Å². The van der Waals surface area contributed by atoms with E-state index in [-0.39, 0.29) is 5.91 Å². The van der Waals surface area contributed by atoms with Gasteiger partial charge in [0, 0.05) is 6.54 Å². The van der Waals surface area contributed by atoms with Crippen LogP contribution in [0.5, 0.6) is 5.75 Å². The minimum Gasteiger partial charge on any atom is -0.480 e. The number of ether oxygens (including phenoxy) is 1. The predicted octanol–water partition coefficient (Wildman–Crippen LogP) is 4.52. The SMILES string of the molecule is CC[C@H](Oc1cccc(C)c1C)C(=O)NCCCc1cccc(C)c1. The Morgan fingerprint density at radius 1 is 1.12 bits per heavy atom. The van der Waals surface area contributed by atoms with Crippen LogP contribution in [0.2, 0.25) is 0 Å². The summed E-state index contributed by atoms with van der Waals surface area (Å²) >= 11 is 0. The van der Waals surface area contributed by atoms with E-state index in [0.29, 0.717) is 13.0 Å². The van der Waals surface area contributed by atoms with Gasteiger partial charge >= 0.3 is 0 Å². The molecular formula is C22H29NO2. The second-order valence-corrected chi connectivity index (χ2v) is 6.60. The first-order valence-corrected chi connectivity index (χ1v) is 9.07. The highest BCUT2D eigenvalue weighted by molar-refractivity contribution is 5.81. The van der Waals surface area contributed by atoms with Gasteiger partial charge in [0.15, 0.2) is 6.10 Å². The molecule has 2 aromatic rings. The fourth-order valence-corrected chi connectivity index (χ4v) is 2.81. The molecule has 1 amide bonds. The van der Waals surface area contributed by atoms with E-state index in [1.807, 2.05) is 26.0 Å². The molecule has 0 saturated heterocycles. The molecule has 0 fully saturated rings. The molecule has 2 rings (SSSR count). The number of amides is 1. The molecule has 0 aliphatic heterocycles. The van der Waals surface area contributed by atoms with Crippen LogP contribution in [-0.4, -0.2) is 18.6 Å². The van der Waals surface area contributed by atoms with Crippen LogP contribution in [-0.2, 0) is 11.2 Å². The van der Waals surface area contributed by atoms with E-state index >= 15 is 0 Å². The molecule has 0 spiro atoms. The summed E-state index contributed by atoms with van der Waals surface area (Å²) < 4.78 is 5.96. The van der Waals surface area contributed by atoms with Gasteiger partial charge in [-0.2, -0.15) is 0 Å². The first-order chi connectivity index (χ1) is 12.0. The van der Waals surface area contributed by atoms with Gasteiger partial charge in [-0.15, -0.1) is 0 Å². The van der Waals surface area contributed by atoms with Crippen LogP contribution in [0.25, 0.3) is 0 Å². The summed E-state index contributed by atoms with van der Waals surface area (Å²) in [6.45, 7) is 8.81. The summed E-state index contributed by atoms with van der Waals surface area (Å²) in [6, 6.07) is 14.4. The number of benzene rings is 2. The molecule has 0 aliphatic rings. The quantitative estimate of drug-likeness (QED) is 0.718. The van der Waals surface area contributed by atoms with Crippen LogP contribution >= 0.6 is 0 Å². The summed E-state index contributed by atoms with van der Waals surface area (Å²) in [6.07, 6.45) is 2.10. The molecule has 2 aromatic carbocycles. The first kappa shape index (κ1) is 19.0. The molecule has 134 valence electrons. The lowest BCUT2D eigenvalue weighted by atomic mass is 10.1. The van der Waals surface area contributed by atoms with Crippen molar-refractivity contribution in [1.29, 1.82) is 0 Å². The van der Waals surface area contributed by atoms with E-state index < -0.39 is 6.10 Å². The van der Waals surface area contributed by atoms with Crippen molar-refractivity contribution < 1.29 is 9.53 Å². The van der Waals surface area contributed by atoms with Gasteiger partial charge in [-0.1, -0.05) is 48.9 Å². The minimum atomic E-state index is -0.445. The van der Waals surface area contributed by atoms with Crippen molar-refractivity contribution in [1.82, 2.24) is 5.32 Å². The smallest absolute Gasteiger partial charge is 0.261 e. The number of rotatable bonds is 8. The lowest BCUT2D eigenvalue weighted by molar-refractivity contribution is -0.128. The van der Waals surface area contributed by atoms with Crippen LogP contribution in [0.3, 0.4) is 0 Å². The second kappa shape index (κ2) is 9.26. The zero-order valence-corrected chi connectivity index (χ0v) is 15.8. The summed E-state index contributed by atoms with van der Waals surface area (Å²) in [5.41, 5.74) is 4.85. The molecule has 0 radical (unpaired) electrons. The average Bonchev–Trinajstić information content (AvgIpc) is 2.60. The Balaban J connectivity index is 1.82. The van der Waals surface area contributed by atoms with Crippen molar-refractivity contribution in [3.05, 3.63) is 64.7 Å². The molecule has 1 N–H and O–H groups in total. The third-order valence-electron chi connectivity index (χ3n) is 4.51. The molecule has 0 aliphatic carbocycles. The third-order valence-corrected chi connectivity index (χ3v) is 4.51. The number of aryl methyl sites for hydroxylation is 3. The van der Waals surface area contributed by atoms with Gasteiger partial charge in [0.1, 0.15) is 5.75 Å². The number of carbonyl (C=O) groups excluding carboxylic acids is 1. The molecule has 25 heavy (non-hydrogen) atoms. The zero-order chi connectivity index (χ0) is 18.2. The summed E-state index contributed by atoms with van der Waals surface area (Å²) in [5.74, 6) is 0.759. The van der Waals surface area contributed by atoms with E-state index in [1.54, 1.807) is 0 Å². The number of nitrogens with one attached hydrogen (secondary N) is 1. The zero-order valence-electron chi connectivity index (χ0n) is 15.8. The molecule has 0 bridgehead atoms. The van der Waals surface area contributed by atoms with Gasteiger partial charge in [0.25, 0.3) is 5.91 Å². The first-order valence-electron chi connectivity index (χ1n) is 9.07. The van der Waals surface area contributed by atoms with Gasteiger partial charge in [-0.3, -0.25) is 4.79 Å². The molecule has 0 saturated carbocycles. The van der Waals surface area contributed by atoms with Crippen molar-refractivity contribution in [2.45, 2.75) is 53.1 Å².